The average Bonchev–Trinajstić information content (AvgIpc) is 3.12. The number of rotatable bonds is 7. The second kappa shape index (κ2) is 8.29. The molecule has 0 saturated heterocycles. The standard InChI is InChI=1S/C20H22N4O2/c1-24-14-18(13-23-24)17-9-16(10-21-12-17)11-22-20(25)8-5-15-3-6-19(26-2)7-4-15/h3-4,6-7,9-10,12-14H,5,8,11H2,1-2H3,(H,22,25). The maximum absolute atomic E-state index is 12.1. The fourth-order valence-corrected chi connectivity index (χ4v) is 2.65. The number of hydrogen-bond acceptors (Lipinski definition) is 4. The number of pyridine rings is 1. The average molecular weight is 350 g/mol. The van der Waals surface area contributed by atoms with Crippen molar-refractivity contribution in [2.45, 2.75) is 19.4 Å². The van der Waals surface area contributed by atoms with Crippen molar-refractivity contribution in [1.29, 1.82) is 0 Å². The summed E-state index contributed by atoms with van der Waals surface area (Å²) >= 11 is 0. The van der Waals surface area contributed by atoms with Crippen LogP contribution in [-0.2, 0) is 24.8 Å². The summed E-state index contributed by atoms with van der Waals surface area (Å²) in [6.07, 6.45) is 8.45. The van der Waals surface area contributed by atoms with E-state index in [2.05, 4.69) is 15.4 Å². The van der Waals surface area contributed by atoms with Crippen LogP contribution in [0.5, 0.6) is 5.75 Å². The van der Waals surface area contributed by atoms with Crippen LogP contribution in [0, 0.1) is 0 Å². The molecule has 0 saturated carbocycles. The van der Waals surface area contributed by atoms with Crippen LogP contribution in [0.3, 0.4) is 0 Å². The fraction of sp³-hybridized carbons (Fsp3) is 0.250. The van der Waals surface area contributed by atoms with Crippen molar-refractivity contribution < 1.29 is 9.53 Å². The first kappa shape index (κ1) is 17.7. The SMILES string of the molecule is COc1ccc(CCC(=O)NCc2cncc(-c3cnn(C)c3)c2)cc1. The lowest BCUT2D eigenvalue weighted by Gasteiger charge is -2.07. The van der Waals surface area contributed by atoms with E-state index in [4.69, 9.17) is 4.74 Å². The largest absolute Gasteiger partial charge is 0.497 e. The van der Waals surface area contributed by atoms with Crippen molar-refractivity contribution in [3.63, 3.8) is 0 Å². The molecule has 1 aromatic carbocycles. The van der Waals surface area contributed by atoms with Gasteiger partial charge in [-0.1, -0.05) is 12.1 Å². The van der Waals surface area contributed by atoms with Crippen LogP contribution in [0.4, 0.5) is 0 Å². The van der Waals surface area contributed by atoms with Gasteiger partial charge in [0.15, 0.2) is 0 Å². The van der Waals surface area contributed by atoms with Gasteiger partial charge in [0.2, 0.25) is 5.91 Å². The first-order chi connectivity index (χ1) is 12.6. The third kappa shape index (κ3) is 4.69. The number of benzene rings is 1. The summed E-state index contributed by atoms with van der Waals surface area (Å²) in [5, 5.41) is 7.12. The van der Waals surface area contributed by atoms with E-state index in [1.54, 1.807) is 30.4 Å². The van der Waals surface area contributed by atoms with Gasteiger partial charge in [0, 0.05) is 49.7 Å². The van der Waals surface area contributed by atoms with Gasteiger partial charge in [-0.15, -0.1) is 0 Å². The first-order valence-electron chi connectivity index (χ1n) is 8.46. The Balaban J connectivity index is 1.51. The molecule has 1 N–H and O–H groups in total. The second-order valence-corrected chi connectivity index (χ2v) is 6.11. The van der Waals surface area contributed by atoms with Crippen molar-refractivity contribution in [2.75, 3.05) is 7.11 Å². The van der Waals surface area contributed by atoms with Gasteiger partial charge in [-0.25, -0.2) is 0 Å². The van der Waals surface area contributed by atoms with Gasteiger partial charge < -0.3 is 10.1 Å². The van der Waals surface area contributed by atoms with Crippen molar-refractivity contribution in [1.82, 2.24) is 20.1 Å². The summed E-state index contributed by atoms with van der Waals surface area (Å²) < 4.78 is 6.89. The van der Waals surface area contributed by atoms with E-state index in [-0.39, 0.29) is 5.91 Å². The monoisotopic (exact) mass is 350 g/mol. The predicted molar refractivity (Wildman–Crippen MR) is 99.6 cm³/mol. The number of carbonyl (C=O) groups excluding carboxylic acids is 1. The van der Waals surface area contributed by atoms with E-state index in [0.717, 1.165) is 28.0 Å². The number of ether oxygens (including phenoxy) is 1. The Morgan fingerprint density at radius 1 is 1.12 bits per heavy atom. The molecule has 0 radical (unpaired) electrons. The molecule has 2 heterocycles. The second-order valence-electron chi connectivity index (χ2n) is 6.11. The molecule has 0 aliphatic carbocycles. The fourth-order valence-electron chi connectivity index (χ4n) is 2.65. The van der Waals surface area contributed by atoms with E-state index in [1.807, 2.05) is 43.6 Å². The highest BCUT2D eigenvalue weighted by atomic mass is 16.5. The van der Waals surface area contributed by atoms with E-state index in [1.165, 1.54) is 0 Å². The van der Waals surface area contributed by atoms with Crippen LogP contribution < -0.4 is 10.1 Å². The summed E-state index contributed by atoms with van der Waals surface area (Å²) in [6, 6.07) is 9.79. The minimum absolute atomic E-state index is 0.0209. The van der Waals surface area contributed by atoms with Crippen molar-refractivity contribution in [3.05, 3.63) is 66.2 Å². The molecule has 0 unspecified atom stereocenters. The molecular formula is C20H22N4O2. The van der Waals surface area contributed by atoms with E-state index in [9.17, 15) is 4.79 Å². The number of amides is 1. The third-order valence-corrected chi connectivity index (χ3v) is 4.12. The molecule has 0 atom stereocenters. The molecular weight excluding hydrogens is 328 g/mol. The van der Waals surface area contributed by atoms with Crippen molar-refractivity contribution in [3.8, 4) is 16.9 Å². The molecule has 0 aliphatic heterocycles. The summed E-state index contributed by atoms with van der Waals surface area (Å²) in [5.41, 5.74) is 4.07. The zero-order valence-electron chi connectivity index (χ0n) is 15.0. The number of nitrogens with one attached hydrogen (secondary N) is 1. The van der Waals surface area contributed by atoms with E-state index >= 15 is 0 Å². The maximum Gasteiger partial charge on any atom is 0.220 e. The molecule has 6 nitrogen and oxygen atoms in total. The molecule has 0 fully saturated rings. The van der Waals surface area contributed by atoms with Gasteiger partial charge >= 0.3 is 0 Å². The summed E-state index contributed by atoms with van der Waals surface area (Å²) in [4.78, 5) is 16.4. The lowest BCUT2D eigenvalue weighted by atomic mass is 10.1. The molecule has 0 bridgehead atoms. The zero-order valence-corrected chi connectivity index (χ0v) is 15.0. The highest BCUT2D eigenvalue weighted by Crippen LogP contribution is 2.18. The molecule has 3 aromatic rings. The number of aromatic nitrogens is 3. The Hall–Kier alpha value is -3.15. The summed E-state index contributed by atoms with van der Waals surface area (Å²) in [7, 11) is 3.52. The lowest BCUT2D eigenvalue weighted by molar-refractivity contribution is -0.121. The summed E-state index contributed by atoms with van der Waals surface area (Å²) in [6.45, 7) is 0.461. The topological polar surface area (TPSA) is 69.0 Å². The lowest BCUT2D eigenvalue weighted by Crippen LogP contribution is -2.23. The quantitative estimate of drug-likeness (QED) is 0.711. The van der Waals surface area contributed by atoms with Gasteiger partial charge in [0.25, 0.3) is 0 Å². The Morgan fingerprint density at radius 3 is 2.62 bits per heavy atom. The first-order valence-corrected chi connectivity index (χ1v) is 8.46. The van der Waals surface area contributed by atoms with E-state index in [0.29, 0.717) is 19.4 Å². The van der Waals surface area contributed by atoms with Crippen molar-refractivity contribution >= 4 is 5.91 Å². The van der Waals surface area contributed by atoms with Crippen LogP contribution in [-0.4, -0.2) is 27.8 Å². The van der Waals surface area contributed by atoms with Crippen LogP contribution in [0.15, 0.2) is 55.1 Å². The molecule has 2 aromatic heterocycles. The highest BCUT2D eigenvalue weighted by molar-refractivity contribution is 5.76. The Labute approximate surface area is 152 Å². The van der Waals surface area contributed by atoms with Gasteiger partial charge in [-0.3, -0.25) is 14.5 Å². The number of hydrogen-bond donors (Lipinski definition) is 1. The van der Waals surface area contributed by atoms with Gasteiger partial charge in [-0.2, -0.15) is 5.10 Å². The van der Waals surface area contributed by atoms with Crippen molar-refractivity contribution in [2.24, 2.45) is 7.05 Å². The van der Waals surface area contributed by atoms with Crippen LogP contribution >= 0.6 is 0 Å². The molecule has 26 heavy (non-hydrogen) atoms. The minimum atomic E-state index is 0.0209. The van der Waals surface area contributed by atoms with Crippen LogP contribution in [0.1, 0.15) is 17.5 Å². The molecule has 6 heteroatoms. The highest BCUT2D eigenvalue weighted by Gasteiger charge is 2.05. The normalized spacial score (nSPS) is 10.5. The Bertz CT molecular complexity index is 872. The van der Waals surface area contributed by atoms with Gasteiger partial charge in [0.05, 0.1) is 13.3 Å². The molecule has 3 rings (SSSR count). The molecule has 134 valence electrons. The summed E-state index contributed by atoms with van der Waals surface area (Å²) in [5.74, 6) is 0.840. The predicted octanol–water partition coefficient (Wildman–Crippen LogP) is 2.74. The van der Waals surface area contributed by atoms with E-state index < -0.39 is 0 Å². The molecule has 0 spiro atoms. The minimum Gasteiger partial charge on any atom is -0.497 e. The molecule has 0 aliphatic rings. The number of aryl methyl sites for hydroxylation is 2. The third-order valence-electron chi connectivity index (χ3n) is 4.12. The van der Waals surface area contributed by atoms with Crippen LogP contribution in [0.2, 0.25) is 0 Å². The Kier molecular flexibility index (Phi) is 5.63. The smallest absolute Gasteiger partial charge is 0.220 e. The maximum atomic E-state index is 12.1. The molecule has 1 amide bonds. The zero-order chi connectivity index (χ0) is 18.4. The van der Waals surface area contributed by atoms with Gasteiger partial charge in [-0.05, 0) is 35.7 Å². The number of carbonyl (C=O) groups is 1. The van der Waals surface area contributed by atoms with Gasteiger partial charge in [0.1, 0.15) is 5.75 Å². The van der Waals surface area contributed by atoms with Crippen LogP contribution in [0.25, 0.3) is 11.1 Å². The number of nitrogens with zero attached hydrogens (tertiary/aromatic N) is 3. The Morgan fingerprint density at radius 2 is 1.92 bits per heavy atom. The number of methoxy groups -OCH3 is 1.